The van der Waals surface area contributed by atoms with Crippen LogP contribution in [0.1, 0.15) is 24.2 Å². The smallest absolute Gasteiger partial charge is 0.262 e. The maximum absolute atomic E-state index is 12.9. The fraction of sp³-hybridized carbons (Fsp3) is 0.429. The summed E-state index contributed by atoms with van der Waals surface area (Å²) < 4.78 is 25.8. The van der Waals surface area contributed by atoms with Gasteiger partial charge in [0.25, 0.3) is 11.8 Å². The van der Waals surface area contributed by atoms with Crippen molar-refractivity contribution >= 4 is 23.3 Å². The third-order valence-electron chi connectivity index (χ3n) is 2.52. The van der Waals surface area contributed by atoms with Crippen LogP contribution in [0.25, 0.3) is 0 Å². The molecule has 4 nitrogen and oxygen atoms in total. The van der Waals surface area contributed by atoms with E-state index in [0.717, 1.165) is 6.92 Å². The van der Waals surface area contributed by atoms with Gasteiger partial charge in [-0.25, -0.2) is 13.8 Å². The van der Waals surface area contributed by atoms with Crippen molar-refractivity contribution in [2.75, 3.05) is 18.4 Å². The third kappa shape index (κ3) is 5.96. The number of anilines is 1. The number of hydrogen-bond donors (Lipinski definition) is 2. The van der Waals surface area contributed by atoms with Gasteiger partial charge in [0.05, 0.1) is 17.1 Å². The lowest BCUT2D eigenvalue weighted by Gasteiger charge is -2.15. The largest absolute Gasteiger partial charge is 0.363 e. The van der Waals surface area contributed by atoms with E-state index in [1.165, 1.54) is 12.3 Å². The number of nitrogens with one attached hydrogen (secondary N) is 2. The molecule has 0 spiro atoms. The Morgan fingerprint density at radius 3 is 2.86 bits per heavy atom. The summed E-state index contributed by atoms with van der Waals surface area (Å²) in [6, 6.07) is 1.36. The molecule has 1 aromatic rings. The minimum atomic E-state index is -2.92. The molecule has 21 heavy (non-hydrogen) atoms. The fourth-order valence-electron chi connectivity index (χ4n) is 1.39. The fourth-order valence-corrected chi connectivity index (χ4v) is 1.55. The highest BCUT2D eigenvalue weighted by atomic mass is 35.5. The molecule has 1 unspecified atom stereocenters. The number of terminal acetylenes is 1. The average molecular weight is 316 g/mol. The maximum Gasteiger partial charge on any atom is 0.262 e. The zero-order valence-electron chi connectivity index (χ0n) is 11.7. The van der Waals surface area contributed by atoms with E-state index in [9.17, 15) is 13.6 Å². The number of nitrogens with zero attached hydrogens (tertiary/aromatic N) is 1. The molecule has 1 amide bonds. The van der Waals surface area contributed by atoms with Crippen LogP contribution in [0, 0.1) is 18.3 Å². The van der Waals surface area contributed by atoms with Crippen molar-refractivity contribution in [3.05, 3.63) is 22.8 Å². The monoisotopic (exact) mass is 315 g/mol. The predicted octanol–water partition coefficient (Wildman–Crippen LogP) is 2.80. The molecule has 114 valence electrons. The molecule has 1 heterocycles. The van der Waals surface area contributed by atoms with E-state index < -0.39 is 18.4 Å². The summed E-state index contributed by atoms with van der Waals surface area (Å²) >= 11 is 5.79. The second-order valence-corrected chi connectivity index (χ2v) is 5.19. The number of amides is 1. The van der Waals surface area contributed by atoms with Crippen molar-refractivity contribution in [3.8, 4) is 12.3 Å². The Bertz CT molecular complexity index is 552. The number of rotatable bonds is 6. The van der Waals surface area contributed by atoms with Crippen molar-refractivity contribution < 1.29 is 13.6 Å². The van der Waals surface area contributed by atoms with E-state index in [2.05, 4.69) is 21.5 Å². The Kier molecular flexibility index (Phi) is 5.91. The van der Waals surface area contributed by atoms with Gasteiger partial charge in [0.1, 0.15) is 5.82 Å². The van der Waals surface area contributed by atoms with Crippen molar-refractivity contribution in [3.63, 3.8) is 0 Å². The molecular weight excluding hydrogens is 300 g/mol. The van der Waals surface area contributed by atoms with Gasteiger partial charge < -0.3 is 10.6 Å². The summed E-state index contributed by atoms with van der Waals surface area (Å²) in [4.78, 5) is 15.9. The topological polar surface area (TPSA) is 54.0 Å². The van der Waals surface area contributed by atoms with Gasteiger partial charge in [0.15, 0.2) is 0 Å². The number of aromatic nitrogens is 1. The molecule has 0 aromatic carbocycles. The SMILES string of the molecule is C#CC(C)CNC(=O)c1cc(Cl)cnc1NCC(C)(F)F. The van der Waals surface area contributed by atoms with E-state index in [1.54, 1.807) is 6.92 Å². The van der Waals surface area contributed by atoms with Crippen molar-refractivity contribution in [1.82, 2.24) is 10.3 Å². The van der Waals surface area contributed by atoms with E-state index in [4.69, 9.17) is 18.0 Å². The van der Waals surface area contributed by atoms with Gasteiger partial charge in [-0.2, -0.15) is 0 Å². The molecule has 1 aromatic heterocycles. The van der Waals surface area contributed by atoms with Crippen LogP contribution in [0.4, 0.5) is 14.6 Å². The van der Waals surface area contributed by atoms with Gasteiger partial charge in [-0.15, -0.1) is 12.3 Å². The maximum atomic E-state index is 12.9. The number of hydrogen-bond acceptors (Lipinski definition) is 3. The zero-order valence-corrected chi connectivity index (χ0v) is 12.5. The van der Waals surface area contributed by atoms with Crippen LogP contribution in [0.15, 0.2) is 12.3 Å². The lowest BCUT2D eigenvalue weighted by molar-refractivity contribution is 0.0366. The number of carbonyl (C=O) groups is 1. The Morgan fingerprint density at radius 1 is 1.62 bits per heavy atom. The van der Waals surface area contributed by atoms with Gasteiger partial charge in [-0.3, -0.25) is 4.79 Å². The molecule has 1 rings (SSSR count). The van der Waals surface area contributed by atoms with Gasteiger partial charge in [0.2, 0.25) is 0 Å². The summed E-state index contributed by atoms with van der Waals surface area (Å²) in [6.45, 7) is 2.17. The average Bonchev–Trinajstić information content (AvgIpc) is 2.41. The molecular formula is C14H16ClF2N3O. The van der Waals surface area contributed by atoms with E-state index >= 15 is 0 Å². The minimum Gasteiger partial charge on any atom is -0.363 e. The van der Waals surface area contributed by atoms with E-state index in [-0.39, 0.29) is 28.9 Å². The van der Waals surface area contributed by atoms with Crippen LogP contribution in [0.2, 0.25) is 5.02 Å². The van der Waals surface area contributed by atoms with Crippen molar-refractivity contribution in [2.24, 2.45) is 5.92 Å². The first kappa shape index (κ1) is 17.2. The Morgan fingerprint density at radius 2 is 2.29 bits per heavy atom. The molecule has 0 aliphatic carbocycles. The van der Waals surface area contributed by atoms with E-state index in [1.807, 2.05) is 0 Å². The molecule has 0 saturated carbocycles. The van der Waals surface area contributed by atoms with Crippen LogP contribution in [-0.2, 0) is 0 Å². The second-order valence-electron chi connectivity index (χ2n) is 4.75. The first-order valence-corrected chi connectivity index (χ1v) is 6.62. The molecule has 0 aliphatic heterocycles. The van der Waals surface area contributed by atoms with Crippen LogP contribution < -0.4 is 10.6 Å². The van der Waals surface area contributed by atoms with Gasteiger partial charge in [0, 0.05) is 25.6 Å². The minimum absolute atomic E-state index is 0.0479. The zero-order chi connectivity index (χ0) is 16.0. The molecule has 0 aliphatic rings. The van der Waals surface area contributed by atoms with Gasteiger partial charge in [-0.05, 0) is 13.0 Å². The van der Waals surface area contributed by atoms with Gasteiger partial charge >= 0.3 is 0 Å². The summed E-state index contributed by atoms with van der Waals surface area (Å²) in [5.74, 6) is -1.02. The third-order valence-corrected chi connectivity index (χ3v) is 2.73. The molecule has 2 N–H and O–H groups in total. The highest BCUT2D eigenvalue weighted by Crippen LogP contribution is 2.19. The standard InChI is InChI=1S/C14H16ClF2N3O/c1-4-9(2)6-19-13(21)11-5-10(15)7-18-12(11)20-8-14(3,16)17/h1,5,7,9H,6,8H2,2-3H3,(H,18,20)(H,19,21). The second kappa shape index (κ2) is 7.23. The van der Waals surface area contributed by atoms with Crippen molar-refractivity contribution in [2.45, 2.75) is 19.8 Å². The molecule has 0 bridgehead atoms. The Hall–Kier alpha value is -1.87. The molecule has 7 heteroatoms. The first-order chi connectivity index (χ1) is 9.73. The summed E-state index contributed by atoms with van der Waals surface area (Å²) in [6.07, 6.45) is 6.49. The number of alkyl halides is 2. The lowest BCUT2D eigenvalue weighted by Crippen LogP contribution is -2.30. The molecule has 0 radical (unpaired) electrons. The summed E-state index contributed by atoms with van der Waals surface area (Å²) in [5, 5.41) is 5.28. The first-order valence-electron chi connectivity index (χ1n) is 6.24. The number of carbonyl (C=O) groups excluding carboxylic acids is 1. The quantitative estimate of drug-likeness (QED) is 0.794. The highest BCUT2D eigenvalue weighted by Gasteiger charge is 2.22. The molecule has 0 saturated heterocycles. The highest BCUT2D eigenvalue weighted by molar-refractivity contribution is 6.31. The molecule has 0 fully saturated rings. The Labute approximate surface area is 127 Å². The van der Waals surface area contributed by atoms with Crippen molar-refractivity contribution in [1.29, 1.82) is 0 Å². The summed E-state index contributed by atoms with van der Waals surface area (Å²) in [7, 11) is 0. The normalized spacial score (nSPS) is 12.4. The number of halogens is 3. The number of pyridine rings is 1. The van der Waals surface area contributed by atoms with Crippen LogP contribution in [0.5, 0.6) is 0 Å². The van der Waals surface area contributed by atoms with Crippen LogP contribution in [-0.4, -0.2) is 29.9 Å². The molecule has 1 atom stereocenters. The summed E-state index contributed by atoms with van der Waals surface area (Å²) in [5.41, 5.74) is 0.0935. The Balaban J connectivity index is 2.86. The lowest BCUT2D eigenvalue weighted by atomic mass is 10.2. The van der Waals surface area contributed by atoms with E-state index in [0.29, 0.717) is 0 Å². The van der Waals surface area contributed by atoms with Crippen LogP contribution in [0.3, 0.4) is 0 Å². The predicted molar refractivity (Wildman–Crippen MR) is 78.7 cm³/mol. The van der Waals surface area contributed by atoms with Crippen LogP contribution >= 0.6 is 11.6 Å². The van der Waals surface area contributed by atoms with Gasteiger partial charge in [-0.1, -0.05) is 11.6 Å².